The SMILES string of the molecule is CN(C)CCOC(Cn1nc(-c2ccccc2)cc1-c1ccccc1)c1ccccc1. The average Bonchev–Trinajstić information content (AvgIpc) is 3.24. The number of aromatic nitrogens is 2. The topological polar surface area (TPSA) is 30.3 Å². The van der Waals surface area contributed by atoms with Gasteiger partial charge in [-0.05, 0) is 31.3 Å². The summed E-state index contributed by atoms with van der Waals surface area (Å²) in [6, 6.07) is 33.4. The van der Waals surface area contributed by atoms with E-state index in [1.54, 1.807) is 0 Å². The van der Waals surface area contributed by atoms with Crippen molar-refractivity contribution in [1.29, 1.82) is 0 Å². The maximum Gasteiger partial charge on any atom is 0.102 e. The Bertz CT molecular complexity index is 1060. The molecule has 1 unspecified atom stereocenters. The highest BCUT2D eigenvalue weighted by molar-refractivity contribution is 5.68. The van der Waals surface area contributed by atoms with E-state index in [4.69, 9.17) is 9.84 Å². The molecule has 4 aromatic rings. The predicted molar refractivity (Wildman–Crippen MR) is 127 cm³/mol. The van der Waals surface area contributed by atoms with Crippen molar-refractivity contribution in [2.75, 3.05) is 27.2 Å². The third-order valence-electron chi connectivity index (χ3n) is 5.29. The summed E-state index contributed by atoms with van der Waals surface area (Å²) in [5.74, 6) is 0. The Balaban J connectivity index is 1.69. The molecular weight excluding hydrogens is 382 g/mol. The maximum atomic E-state index is 6.35. The van der Waals surface area contributed by atoms with Gasteiger partial charge in [-0.1, -0.05) is 91.0 Å². The highest BCUT2D eigenvalue weighted by atomic mass is 16.5. The molecule has 0 saturated heterocycles. The first-order valence-electron chi connectivity index (χ1n) is 10.7. The summed E-state index contributed by atoms with van der Waals surface area (Å²) in [6.45, 7) is 2.19. The third kappa shape index (κ3) is 5.48. The van der Waals surface area contributed by atoms with Gasteiger partial charge in [0.05, 0.1) is 24.5 Å². The zero-order valence-electron chi connectivity index (χ0n) is 18.2. The molecule has 31 heavy (non-hydrogen) atoms. The van der Waals surface area contributed by atoms with Crippen LogP contribution in [0.5, 0.6) is 0 Å². The van der Waals surface area contributed by atoms with E-state index in [9.17, 15) is 0 Å². The van der Waals surface area contributed by atoms with E-state index in [-0.39, 0.29) is 6.10 Å². The fraction of sp³-hybridized carbons (Fsp3) is 0.222. The molecule has 0 bridgehead atoms. The van der Waals surface area contributed by atoms with Crippen molar-refractivity contribution >= 4 is 0 Å². The summed E-state index contributed by atoms with van der Waals surface area (Å²) < 4.78 is 8.43. The predicted octanol–water partition coefficient (Wildman–Crippen LogP) is 5.54. The summed E-state index contributed by atoms with van der Waals surface area (Å²) in [5, 5.41) is 4.99. The summed E-state index contributed by atoms with van der Waals surface area (Å²) in [4.78, 5) is 2.14. The Kier molecular flexibility index (Phi) is 6.92. The Morgan fingerprint density at radius 2 is 1.39 bits per heavy atom. The van der Waals surface area contributed by atoms with Crippen LogP contribution >= 0.6 is 0 Å². The Labute approximate surface area is 184 Å². The molecule has 158 valence electrons. The maximum absolute atomic E-state index is 6.35. The zero-order valence-corrected chi connectivity index (χ0v) is 18.2. The molecule has 0 radical (unpaired) electrons. The molecule has 0 N–H and O–H groups in total. The van der Waals surface area contributed by atoms with Gasteiger partial charge in [-0.15, -0.1) is 0 Å². The van der Waals surface area contributed by atoms with Crippen LogP contribution in [-0.2, 0) is 11.3 Å². The first-order chi connectivity index (χ1) is 15.2. The van der Waals surface area contributed by atoms with Gasteiger partial charge in [0.2, 0.25) is 0 Å². The summed E-state index contributed by atoms with van der Waals surface area (Å²) >= 11 is 0. The lowest BCUT2D eigenvalue weighted by Gasteiger charge is -2.21. The molecule has 4 nitrogen and oxygen atoms in total. The van der Waals surface area contributed by atoms with Gasteiger partial charge in [0, 0.05) is 12.1 Å². The van der Waals surface area contributed by atoms with Gasteiger partial charge < -0.3 is 9.64 Å². The summed E-state index contributed by atoms with van der Waals surface area (Å²) in [6.07, 6.45) is -0.0767. The number of hydrogen-bond donors (Lipinski definition) is 0. The van der Waals surface area contributed by atoms with Crippen LogP contribution < -0.4 is 0 Å². The lowest BCUT2D eigenvalue weighted by Crippen LogP contribution is -2.22. The zero-order chi connectivity index (χ0) is 21.5. The number of ether oxygens (including phenoxy) is 1. The second kappa shape index (κ2) is 10.2. The number of rotatable bonds is 9. The van der Waals surface area contributed by atoms with Crippen molar-refractivity contribution in [3.05, 3.63) is 103 Å². The molecule has 0 saturated carbocycles. The second-order valence-corrected chi connectivity index (χ2v) is 7.90. The molecule has 4 heteroatoms. The van der Waals surface area contributed by atoms with Gasteiger partial charge in [-0.3, -0.25) is 4.68 Å². The molecule has 1 atom stereocenters. The fourth-order valence-electron chi connectivity index (χ4n) is 3.60. The van der Waals surface area contributed by atoms with Crippen molar-refractivity contribution in [1.82, 2.24) is 14.7 Å². The van der Waals surface area contributed by atoms with Crippen molar-refractivity contribution in [2.45, 2.75) is 12.6 Å². The first kappa shape index (κ1) is 21.0. The second-order valence-electron chi connectivity index (χ2n) is 7.90. The molecule has 3 aromatic carbocycles. The molecule has 4 rings (SSSR count). The monoisotopic (exact) mass is 411 g/mol. The summed E-state index contributed by atoms with van der Waals surface area (Å²) in [7, 11) is 4.13. The smallest absolute Gasteiger partial charge is 0.102 e. The molecular formula is C27H29N3O. The Hall–Kier alpha value is -3.21. The van der Waals surface area contributed by atoms with E-state index in [1.165, 1.54) is 0 Å². The number of likely N-dealkylation sites (N-methyl/N-ethyl adjacent to an activating group) is 1. The van der Waals surface area contributed by atoms with Gasteiger partial charge in [0.1, 0.15) is 6.10 Å². The van der Waals surface area contributed by atoms with Gasteiger partial charge >= 0.3 is 0 Å². The molecule has 1 heterocycles. The third-order valence-corrected chi connectivity index (χ3v) is 5.29. The van der Waals surface area contributed by atoms with Crippen molar-refractivity contribution in [2.24, 2.45) is 0 Å². The van der Waals surface area contributed by atoms with E-state index in [1.807, 2.05) is 30.3 Å². The largest absolute Gasteiger partial charge is 0.370 e. The summed E-state index contributed by atoms with van der Waals surface area (Å²) in [5.41, 5.74) is 5.49. The van der Waals surface area contributed by atoms with Gasteiger partial charge in [0.15, 0.2) is 0 Å². The first-order valence-corrected chi connectivity index (χ1v) is 10.7. The van der Waals surface area contributed by atoms with E-state index in [0.717, 1.165) is 34.6 Å². The lowest BCUT2D eigenvalue weighted by atomic mass is 10.1. The lowest BCUT2D eigenvalue weighted by molar-refractivity contribution is 0.0304. The number of nitrogens with zero attached hydrogens (tertiary/aromatic N) is 3. The Morgan fingerprint density at radius 1 is 0.806 bits per heavy atom. The van der Waals surface area contributed by atoms with Crippen molar-refractivity contribution < 1.29 is 4.74 Å². The highest BCUT2D eigenvalue weighted by Crippen LogP contribution is 2.29. The highest BCUT2D eigenvalue weighted by Gasteiger charge is 2.18. The molecule has 1 aromatic heterocycles. The average molecular weight is 412 g/mol. The molecule has 0 spiro atoms. The van der Waals surface area contributed by atoms with E-state index < -0.39 is 0 Å². The quantitative estimate of drug-likeness (QED) is 0.362. The van der Waals surface area contributed by atoms with Crippen LogP contribution in [0.25, 0.3) is 22.5 Å². The fourth-order valence-corrected chi connectivity index (χ4v) is 3.60. The molecule has 0 aliphatic rings. The molecule has 0 aliphatic carbocycles. The van der Waals surface area contributed by atoms with Crippen LogP contribution in [0.1, 0.15) is 11.7 Å². The van der Waals surface area contributed by atoms with Crippen LogP contribution in [0.2, 0.25) is 0 Å². The van der Waals surface area contributed by atoms with Crippen LogP contribution in [-0.4, -0.2) is 41.9 Å². The standard InChI is InChI=1S/C27H29N3O/c1-29(2)18-19-31-27(24-16-10-5-11-17-24)21-30-26(23-14-8-4-9-15-23)20-25(28-30)22-12-6-3-7-13-22/h3-17,20,27H,18-19,21H2,1-2H3. The molecule has 0 aliphatic heterocycles. The van der Waals surface area contributed by atoms with E-state index >= 15 is 0 Å². The minimum Gasteiger partial charge on any atom is -0.370 e. The van der Waals surface area contributed by atoms with Gasteiger partial charge in [-0.25, -0.2) is 0 Å². The van der Waals surface area contributed by atoms with E-state index in [0.29, 0.717) is 13.2 Å². The number of benzene rings is 3. The number of hydrogen-bond acceptors (Lipinski definition) is 3. The van der Waals surface area contributed by atoms with Crippen molar-refractivity contribution in [3.8, 4) is 22.5 Å². The van der Waals surface area contributed by atoms with Gasteiger partial charge in [-0.2, -0.15) is 5.10 Å². The van der Waals surface area contributed by atoms with Crippen LogP contribution in [0.15, 0.2) is 97.1 Å². The van der Waals surface area contributed by atoms with Crippen LogP contribution in [0.3, 0.4) is 0 Å². The van der Waals surface area contributed by atoms with Crippen LogP contribution in [0.4, 0.5) is 0 Å². The van der Waals surface area contributed by atoms with Gasteiger partial charge in [0.25, 0.3) is 0 Å². The van der Waals surface area contributed by atoms with Crippen LogP contribution in [0, 0.1) is 0 Å². The minimum absolute atomic E-state index is 0.0767. The molecule has 0 amide bonds. The van der Waals surface area contributed by atoms with E-state index in [2.05, 4.69) is 90.4 Å². The van der Waals surface area contributed by atoms with Crippen molar-refractivity contribution in [3.63, 3.8) is 0 Å². The normalized spacial score (nSPS) is 12.2. The Morgan fingerprint density at radius 3 is 2.00 bits per heavy atom. The molecule has 0 fully saturated rings. The minimum atomic E-state index is -0.0767.